The van der Waals surface area contributed by atoms with Gasteiger partial charge in [-0.3, -0.25) is 4.79 Å². The summed E-state index contributed by atoms with van der Waals surface area (Å²) in [6.07, 6.45) is 0. The molecular formula is C20H26N2O3S. The first-order valence-corrected chi connectivity index (χ1v) is 9.98. The second-order valence-corrected chi connectivity index (χ2v) is 8.48. The number of amides is 1. The van der Waals surface area contributed by atoms with Crippen LogP contribution in [0.1, 0.15) is 34.7 Å². The van der Waals surface area contributed by atoms with Crippen molar-refractivity contribution in [2.45, 2.75) is 52.5 Å². The van der Waals surface area contributed by atoms with Gasteiger partial charge >= 0.3 is 0 Å². The van der Waals surface area contributed by atoms with Gasteiger partial charge in [-0.15, -0.1) is 0 Å². The molecule has 0 bridgehead atoms. The van der Waals surface area contributed by atoms with E-state index in [4.69, 9.17) is 0 Å². The molecule has 2 aromatic carbocycles. The van der Waals surface area contributed by atoms with E-state index in [0.717, 1.165) is 16.7 Å². The molecule has 0 saturated heterocycles. The van der Waals surface area contributed by atoms with Crippen LogP contribution in [0, 0.1) is 34.6 Å². The second-order valence-electron chi connectivity index (χ2n) is 6.83. The molecule has 5 nitrogen and oxygen atoms in total. The van der Waals surface area contributed by atoms with Crippen LogP contribution in [0.3, 0.4) is 0 Å². The fourth-order valence-electron chi connectivity index (χ4n) is 3.18. The van der Waals surface area contributed by atoms with Gasteiger partial charge in [-0.1, -0.05) is 35.9 Å². The maximum absolute atomic E-state index is 12.8. The number of carbonyl (C=O) groups excluding carboxylic acids is 1. The molecule has 1 atom stereocenters. The molecular weight excluding hydrogens is 348 g/mol. The summed E-state index contributed by atoms with van der Waals surface area (Å²) in [5, 5.41) is 2.82. The Morgan fingerprint density at radius 2 is 1.42 bits per heavy atom. The molecule has 0 saturated carbocycles. The zero-order valence-corrected chi connectivity index (χ0v) is 16.9. The van der Waals surface area contributed by atoms with Crippen molar-refractivity contribution < 1.29 is 13.2 Å². The molecule has 2 N–H and O–H groups in total. The molecule has 1 amide bonds. The monoisotopic (exact) mass is 374 g/mol. The van der Waals surface area contributed by atoms with E-state index in [2.05, 4.69) is 10.0 Å². The molecule has 0 aliphatic rings. The number of benzene rings is 2. The van der Waals surface area contributed by atoms with Crippen molar-refractivity contribution >= 4 is 21.6 Å². The Labute approximate surface area is 155 Å². The Morgan fingerprint density at radius 1 is 0.923 bits per heavy atom. The molecule has 0 heterocycles. The number of sulfonamides is 1. The van der Waals surface area contributed by atoms with Gasteiger partial charge in [-0.25, -0.2) is 8.42 Å². The van der Waals surface area contributed by atoms with Gasteiger partial charge in [-0.2, -0.15) is 4.72 Å². The zero-order valence-electron chi connectivity index (χ0n) is 16.1. The molecule has 26 heavy (non-hydrogen) atoms. The van der Waals surface area contributed by atoms with Gasteiger partial charge in [0.2, 0.25) is 15.9 Å². The average Bonchev–Trinajstić information content (AvgIpc) is 2.48. The van der Waals surface area contributed by atoms with Crippen molar-refractivity contribution in [1.29, 1.82) is 0 Å². The Hall–Kier alpha value is -2.18. The third kappa shape index (κ3) is 4.31. The summed E-state index contributed by atoms with van der Waals surface area (Å²) < 4.78 is 28.1. The Kier molecular flexibility index (Phi) is 5.88. The number of carbonyl (C=O) groups is 1. The van der Waals surface area contributed by atoms with Crippen LogP contribution in [0.2, 0.25) is 0 Å². The predicted octanol–water partition coefficient (Wildman–Crippen LogP) is 3.53. The van der Waals surface area contributed by atoms with Crippen LogP contribution in [-0.2, 0) is 14.8 Å². The van der Waals surface area contributed by atoms with Crippen LogP contribution in [0.25, 0.3) is 0 Å². The van der Waals surface area contributed by atoms with Gasteiger partial charge in [0, 0.05) is 5.69 Å². The van der Waals surface area contributed by atoms with Crippen molar-refractivity contribution in [1.82, 2.24) is 4.72 Å². The highest BCUT2D eigenvalue weighted by molar-refractivity contribution is 7.89. The van der Waals surface area contributed by atoms with E-state index in [-0.39, 0.29) is 4.90 Å². The van der Waals surface area contributed by atoms with Crippen molar-refractivity contribution in [3.05, 3.63) is 58.1 Å². The Balaban J connectivity index is 2.23. The van der Waals surface area contributed by atoms with Crippen LogP contribution in [0.4, 0.5) is 5.69 Å². The second kappa shape index (κ2) is 7.60. The lowest BCUT2D eigenvalue weighted by Crippen LogP contribution is -2.42. The number of anilines is 1. The highest BCUT2D eigenvalue weighted by Gasteiger charge is 2.25. The van der Waals surface area contributed by atoms with Crippen LogP contribution in [-0.4, -0.2) is 20.4 Å². The third-order valence-corrected chi connectivity index (χ3v) is 6.17. The van der Waals surface area contributed by atoms with E-state index in [1.807, 2.05) is 51.1 Å². The molecule has 0 radical (unpaired) electrons. The van der Waals surface area contributed by atoms with Crippen LogP contribution < -0.4 is 10.0 Å². The smallest absolute Gasteiger partial charge is 0.242 e. The van der Waals surface area contributed by atoms with Gasteiger partial charge in [0.25, 0.3) is 0 Å². The maximum Gasteiger partial charge on any atom is 0.242 e. The summed E-state index contributed by atoms with van der Waals surface area (Å²) in [4.78, 5) is 12.7. The SMILES string of the molecule is Cc1cc(C)c(S(=O)(=O)NC(C)C(=O)Nc2c(C)cccc2C)c(C)c1. The summed E-state index contributed by atoms with van der Waals surface area (Å²) >= 11 is 0. The summed E-state index contributed by atoms with van der Waals surface area (Å²) in [5.41, 5.74) is 4.90. The van der Waals surface area contributed by atoms with Crippen LogP contribution >= 0.6 is 0 Å². The highest BCUT2D eigenvalue weighted by atomic mass is 32.2. The fourth-order valence-corrected chi connectivity index (χ4v) is 4.83. The number of hydrogen-bond donors (Lipinski definition) is 2. The fraction of sp³-hybridized carbons (Fsp3) is 0.350. The number of rotatable bonds is 5. The number of para-hydroxylation sites is 1. The molecule has 0 aliphatic heterocycles. The molecule has 2 rings (SSSR count). The topological polar surface area (TPSA) is 75.3 Å². The van der Waals surface area contributed by atoms with E-state index in [9.17, 15) is 13.2 Å². The predicted molar refractivity (Wildman–Crippen MR) is 105 cm³/mol. The summed E-state index contributed by atoms with van der Waals surface area (Å²) in [6.45, 7) is 10.8. The molecule has 0 aromatic heterocycles. The molecule has 0 fully saturated rings. The normalized spacial score (nSPS) is 12.7. The Morgan fingerprint density at radius 3 is 1.92 bits per heavy atom. The first-order chi connectivity index (χ1) is 12.0. The maximum atomic E-state index is 12.8. The minimum atomic E-state index is -3.81. The lowest BCUT2D eigenvalue weighted by Gasteiger charge is -2.18. The van der Waals surface area contributed by atoms with Gasteiger partial charge in [-0.05, 0) is 63.8 Å². The van der Waals surface area contributed by atoms with Gasteiger partial charge in [0.1, 0.15) is 0 Å². The lowest BCUT2D eigenvalue weighted by atomic mass is 10.1. The van der Waals surface area contributed by atoms with E-state index in [1.54, 1.807) is 20.8 Å². The molecule has 6 heteroatoms. The van der Waals surface area contributed by atoms with E-state index >= 15 is 0 Å². The first-order valence-electron chi connectivity index (χ1n) is 8.50. The number of hydrogen-bond acceptors (Lipinski definition) is 3. The minimum Gasteiger partial charge on any atom is -0.324 e. The summed E-state index contributed by atoms with van der Waals surface area (Å²) in [7, 11) is -3.81. The van der Waals surface area contributed by atoms with E-state index < -0.39 is 22.0 Å². The van der Waals surface area contributed by atoms with Crippen molar-refractivity contribution in [3.8, 4) is 0 Å². The van der Waals surface area contributed by atoms with Gasteiger partial charge < -0.3 is 5.32 Å². The molecule has 0 spiro atoms. The van der Waals surface area contributed by atoms with Crippen molar-refractivity contribution in [2.75, 3.05) is 5.32 Å². The standard InChI is InChI=1S/C20H26N2O3S/c1-12-10-15(4)19(16(5)11-12)26(24,25)22-17(6)20(23)21-18-13(2)8-7-9-14(18)3/h7-11,17,22H,1-6H3,(H,21,23). The summed E-state index contributed by atoms with van der Waals surface area (Å²) in [5.74, 6) is -0.395. The van der Waals surface area contributed by atoms with Gasteiger partial charge in [0.15, 0.2) is 0 Å². The molecule has 140 valence electrons. The van der Waals surface area contributed by atoms with Crippen molar-refractivity contribution in [2.24, 2.45) is 0 Å². The first kappa shape index (κ1) is 20.1. The molecule has 1 unspecified atom stereocenters. The zero-order chi connectivity index (χ0) is 19.6. The summed E-state index contributed by atoms with van der Waals surface area (Å²) in [6, 6.07) is 8.45. The van der Waals surface area contributed by atoms with E-state index in [1.165, 1.54) is 0 Å². The number of nitrogens with one attached hydrogen (secondary N) is 2. The third-order valence-electron chi connectivity index (χ3n) is 4.33. The minimum absolute atomic E-state index is 0.231. The molecule has 2 aromatic rings. The highest BCUT2D eigenvalue weighted by Crippen LogP contribution is 2.23. The quantitative estimate of drug-likeness (QED) is 0.841. The van der Waals surface area contributed by atoms with Crippen LogP contribution in [0.15, 0.2) is 35.2 Å². The van der Waals surface area contributed by atoms with Crippen molar-refractivity contribution in [3.63, 3.8) is 0 Å². The number of aryl methyl sites for hydroxylation is 5. The average molecular weight is 375 g/mol. The van der Waals surface area contributed by atoms with Gasteiger partial charge in [0.05, 0.1) is 10.9 Å². The molecule has 0 aliphatic carbocycles. The van der Waals surface area contributed by atoms with E-state index in [0.29, 0.717) is 16.8 Å². The Bertz CT molecular complexity index is 906. The lowest BCUT2D eigenvalue weighted by molar-refractivity contribution is -0.117. The largest absolute Gasteiger partial charge is 0.324 e. The van der Waals surface area contributed by atoms with Crippen LogP contribution in [0.5, 0.6) is 0 Å².